The lowest BCUT2D eigenvalue weighted by atomic mass is 9.48. The van der Waals surface area contributed by atoms with E-state index in [4.69, 9.17) is 0 Å². The van der Waals surface area contributed by atoms with Crippen LogP contribution in [-0.4, -0.2) is 16.7 Å². The number of nitro groups is 1. The third kappa shape index (κ3) is 2.02. The molecule has 3 aliphatic carbocycles. The molecule has 0 aromatic heterocycles. The normalized spacial score (nSPS) is 27.6. The van der Waals surface area contributed by atoms with Crippen LogP contribution in [0.3, 0.4) is 0 Å². The fourth-order valence-electron chi connectivity index (χ4n) is 6.20. The first kappa shape index (κ1) is 18.0. The van der Waals surface area contributed by atoms with Crippen LogP contribution < -0.4 is 4.90 Å². The second-order valence-electron chi connectivity index (χ2n) is 8.62. The minimum absolute atomic E-state index is 0.0491. The third-order valence-corrected chi connectivity index (χ3v) is 7.36. The number of carbonyl (C=O) groups excluding carboxylic acids is 2. The number of hydrogen-bond acceptors (Lipinski definition) is 4. The Balaban J connectivity index is 1.62. The van der Waals surface area contributed by atoms with Gasteiger partial charge in [0.25, 0.3) is 5.69 Å². The van der Waals surface area contributed by atoms with Gasteiger partial charge in [0.2, 0.25) is 11.8 Å². The van der Waals surface area contributed by atoms with Crippen LogP contribution in [0.4, 0.5) is 11.4 Å². The van der Waals surface area contributed by atoms with Gasteiger partial charge in [-0.05, 0) is 28.3 Å². The molecule has 2 atom stereocenters. The standard InChI is InChI=1S/C25H18N2O4/c1-25-16-10-4-2-8-14(16)20(15-9-3-5-11-17(15)25)21-22(25)24(29)26(23(21)28)18-12-6-7-13-19(18)27(30)31/h2-13,20-22H,1H3/t20?,21-,22+,25?/m1/s1. The number of amides is 2. The summed E-state index contributed by atoms with van der Waals surface area (Å²) in [6, 6.07) is 22.0. The van der Waals surface area contributed by atoms with E-state index in [2.05, 4.69) is 0 Å². The minimum atomic E-state index is -0.683. The monoisotopic (exact) mass is 410 g/mol. The number of nitro benzene ring substituents is 1. The van der Waals surface area contributed by atoms with Gasteiger partial charge in [-0.1, -0.05) is 67.6 Å². The van der Waals surface area contributed by atoms with Crippen LogP contribution in [0.25, 0.3) is 0 Å². The number of hydrogen-bond donors (Lipinski definition) is 0. The molecular weight excluding hydrogens is 392 g/mol. The predicted octanol–water partition coefficient (Wildman–Crippen LogP) is 4.17. The Morgan fingerprint density at radius 1 is 0.839 bits per heavy atom. The van der Waals surface area contributed by atoms with E-state index in [0.29, 0.717) is 0 Å². The first-order valence-corrected chi connectivity index (χ1v) is 10.3. The van der Waals surface area contributed by atoms with Crippen molar-refractivity contribution in [3.8, 4) is 0 Å². The molecule has 1 heterocycles. The second kappa shape index (κ2) is 5.88. The number of carbonyl (C=O) groups is 2. The van der Waals surface area contributed by atoms with E-state index in [1.165, 1.54) is 18.2 Å². The molecule has 1 fully saturated rings. The van der Waals surface area contributed by atoms with E-state index in [-0.39, 0.29) is 29.1 Å². The van der Waals surface area contributed by atoms with Crippen molar-refractivity contribution in [3.05, 3.63) is 105 Å². The molecule has 31 heavy (non-hydrogen) atoms. The Labute approximate surface area is 178 Å². The van der Waals surface area contributed by atoms with Gasteiger partial charge in [-0.25, -0.2) is 4.90 Å². The Kier molecular flexibility index (Phi) is 3.41. The fraction of sp³-hybridized carbons (Fsp3) is 0.200. The zero-order valence-electron chi connectivity index (χ0n) is 16.7. The quantitative estimate of drug-likeness (QED) is 0.361. The minimum Gasteiger partial charge on any atom is -0.274 e. The zero-order valence-corrected chi connectivity index (χ0v) is 16.7. The van der Waals surface area contributed by atoms with E-state index in [9.17, 15) is 19.7 Å². The first-order valence-electron chi connectivity index (χ1n) is 10.3. The number of anilines is 1. The van der Waals surface area contributed by atoms with Gasteiger partial charge in [0.15, 0.2) is 0 Å². The van der Waals surface area contributed by atoms with Gasteiger partial charge in [-0.15, -0.1) is 0 Å². The lowest BCUT2D eigenvalue weighted by Crippen LogP contribution is -2.51. The molecule has 152 valence electrons. The molecule has 1 aliphatic heterocycles. The van der Waals surface area contributed by atoms with Crippen LogP contribution in [0.15, 0.2) is 72.8 Å². The van der Waals surface area contributed by atoms with E-state index < -0.39 is 22.2 Å². The summed E-state index contributed by atoms with van der Waals surface area (Å²) in [6.45, 7) is 2.03. The molecule has 4 aliphatic rings. The summed E-state index contributed by atoms with van der Waals surface area (Å²) in [5.41, 5.74) is 3.38. The van der Waals surface area contributed by atoms with Gasteiger partial charge in [-0.3, -0.25) is 19.7 Å². The molecule has 0 spiro atoms. The lowest BCUT2D eigenvalue weighted by Gasteiger charge is -2.52. The average Bonchev–Trinajstić information content (AvgIpc) is 3.05. The lowest BCUT2D eigenvalue weighted by molar-refractivity contribution is -0.384. The number of benzene rings is 3. The van der Waals surface area contributed by atoms with Crippen LogP contribution in [-0.2, 0) is 15.0 Å². The topological polar surface area (TPSA) is 80.5 Å². The third-order valence-electron chi connectivity index (χ3n) is 7.36. The van der Waals surface area contributed by atoms with Gasteiger partial charge in [-0.2, -0.15) is 0 Å². The molecule has 2 amide bonds. The zero-order chi connectivity index (χ0) is 21.5. The van der Waals surface area contributed by atoms with Crippen molar-refractivity contribution >= 4 is 23.2 Å². The molecule has 6 heteroatoms. The maximum Gasteiger partial charge on any atom is 0.293 e. The summed E-state index contributed by atoms with van der Waals surface area (Å²) < 4.78 is 0. The summed E-state index contributed by atoms with van der Waals surface area (Å²) in [5, 5.41) is 11.6. The molecule has 2 bridgehead atoms. The van der Waals surface area contributed by atoms with Gasteiger partial charge in [0.1, 0.15) is 5.69 Å². The van der Waals surface area contributed by atoms with Gasteiger partial charge >= 0.3 is 0 Å². The summed E-state index contributed by atoms with van der Waals surface area (Å²) in [6.07, 6.45) is 0. The van der Waals surface area contributed by atoms with Gasteiger partial charge in [0, 0.05) is 17.4 Å². The average molecular weight is 410 g/mol. The Bertz CT molecular complexity index is 1270. The highest BCUT2D eigenvalue weighted by Crippen LogP contribution is 2.64. The van der Waals surface area contributed by atoms with Crippen LogP contribution in [0.5, 0.6) is 0 Å². The van der Waals surface area contributed by atoms with Crippen LogP contribution in [0, 0.1) is 22.0 Å². The van der Waals surface area contributed by atoms with Crippen molar-refractivity contribution in [2.75, 3.05) is 4.90 Å². The molecule has 1 saturated heterocycles. The SMILES string of the molecule is CC12c3ccccc3C(c3ccccc31)[C@H]1C(=O)N(c3ccccc3[N+](=O)[O-])C(=O)[C@H]12. The molecule has 3 aromatic carbocycles. The molecule has 0 saturated carbocycles. The van der Waals surface area contributed by atoms with E-state index in [0.717, 1.165) is 27.2 Å². The Morgan fingerprint density at radius 3 is 2.00 bits per heavy atom. The molecular formula is C25H18N2O4. The second-order valence-corrected chi connectivity index (χ2v) is 8.62. The smallest absolute Gasteiger partial charge is 0.274 e. The largest absolute Gasteiger partial charge is 0.293 e. The summed E-state index contributed by atoms with van der Waals surface area (Å²) in [4.78, 5) is 39.7. The number of imide groups is 1. The van der Waals surface area contributed by atoms with Crippen molar-refractivity contribution in [1.82, 2.24) is 0 Å². The van der Waals surface area contributed by atoms with Gasteiger partial charge < -0.3 is 0 Å². The fourth-order valence-corrected chi connectivity index (χ4v) is 6.20. The number of nitrogens with zero attached hydrogens (tertiary/aromatic N) is 2. The van der Waals surface area contributed by atoms with Crippen molar-refractivity contribution in [2.45, 2.75) is 18.3 Å². The highest BCUT2D eigenvalue weighted by atomic mass is 16.6. The van der Waals surface area contributed by atoms with Gasteiger partial charge in [0.05, 0.1) is 16.8 Å². The highest BCUT2D eigenvalue weighted by Gasteiger charge is 2.66. The molecule has 3 aromatic rings. The maximum absolute atomic E-state index is 13.8. The Hall–Kier alpha value is -3.80. The summed E-state index contributed by atoms with van der Waals surface area (Å²) in [5.74, 6) is -2.15. The van der Waals surface area contributed by atoms with Crippen molar-refractivity contribution < 1.29 is 14.5 Å². The van der Waals surface area contributed by atoms with E-state index >= 15 is 0 Å². The van der Waals surface area contributed by atoms with Crippen LogP contribution >= 0.6 is 0 Å². The summed E-state index contributed by atoms with van der Waals surface area (Å²) in [7, 11) is 0. The van der Waals surface area contributed by atoms with Crippen LogP contribution in [0.2, 0.25) is 0 Å². The van der Waals surface area contributed by atoms with Crippen LogP contribution in [0.1, 0.15) is 35.1 Å². The Morgan fingerprint density at radius 2 is 1.39 bits per heavy atom. The highest BCUT2D eigenvalue weighted by molar-refractivity contribution is 6.24. The molecule has 0 N–H and O–H groups in total. The number of para-hydroxylation sites is 2. The van der Waals surface area contributed by atoms with E-state index in [1.807, 2.05) is 55.5 Å². The molecule has 0 unspecified atom stereocenters. The van der Waals surface area contributed by atoms with E-state index in [1.54, 1.807) is 6.07 Å². The van der Waals surface area contributed by atoms with Crippen molar-refractivity contribution in [3.63, 3.8) is 0 Å². The van der Waals surface area contributed by atoms with Crippen molar-refractivity contribution in [1.29, 1.82) is 0 Å². The van der Waals surface area contributed by atoms with Crippen molar-refractivity contribution in [2.24, 2.45) is 11.8 Å². The maximum atomic E-state index is 13.8. The summed E-state index contributed by atoms with van der Waals surface area (Å²) >= 11 is 0. The molecule has 0 radical (unpaired) electrons. The predicted molar refractivity (Wildman–Crippen MR) is 114 cm³/mol. The first-order chi connectivity index (χ1) is 15.0. The number of rotatable bonds is 2. The molecule has 7 rings (SSSR count). The molecule has 6 nitrogen and oxygen atoms in total.